The van der Waals surface area contributed by atoms with E-state index in [1.54, 1.807) is 20.8 Å². The van der Waals surface area contributed by atoms with Crippen molar-refractivity contribution >= 4 is 28.7 Å². The summed E-state index contributed by atoms with van der Waals surface area (Å²) in [4.78, 5) is 47.6. The second kappa shape index (κ2) is 17.0. The molecule has 0 saturated carbocycles. The third kappa shape index (κ3) is 9.40. The Kier molecular flexibility index (Phi) is 12.5. The highest BCUT2D eigenvalue weighted by Gasteiger charge is 2.37. The highest BCUT2D eigenvalue weighted by Crippen LogP contribution is 2.33. The summed E-state index contributed by atoms with van der Waals surface area (Å²) in [5.41, 5.74) is 9.23. The van der Waals surface area contributed by atoms with Gasteiger partial charge in [0, 0.05) is 29.6 Å². The quantitative estimate of drug-likeness (QED) is 0.0927. The van der Waals surface area contributed by atoms with Crippen LogP contribution in [0, 0.1) is 5.92 Å². The number of aromatic amines is 1. The predicted molar refractivity (Wildman–Crippen MR) is 198 cm³/mol. The molecule has 266 valence electrons. The first-order valence-corrected chi connectivity index (χ1v) is 18.0. The lowest BCUT2D eigenvalue weighted by atomic mass is 9.89. The summed E-state index contributed by atoms with van der Waals surface area (Å²) in [6, 6.07) is 26.9. The SMILES string of the molecule is C[C@@H](c1c[nH]c2ccccc12)[C@H](NC(=O)C1CCCN(C(c2ccccc2)c2ccccc2)C1)C(=O)N[C@@H](CCCCN)C(=O)OC(C)(C)C. The van der Waals surface area contributed by atoms with Gasteiger partial charge in [0.25, 0.3) is 0 Å². The number of hydrogen-bond acceptors (Lipinski definition) is 6. The summed E-state index contributed by atoms with van der Waals surface area (Å²) in [6.07, 6.45) is 5.22. The third-order valence-corrected chi connectivity index (χ3v) is 9.57. The van der Waals surface area contributed by atoms with Gasteiger partial charge in [0.1, 0.15) is 17.7 Å². The normalized spacial score (nSPS) is 17.2. The molecule has 0 aliphatic carbocycles. The minimum absolute atomic E-state index is 0.000322. The van der Waals surface area contributed by atoms with E-state index in [2.05, 4.69) is 69.0 Å². The molecule has 1 fully saturated rings. The number of likely N-dealkylation sites (tertiary alicyclic amines) is 1. The first kappa shape index (κ1) is 36.8. The Morgan fingerprint density at radius 3 is 2.20 bits per heavy atom. The van der Waals surface area contributed by atoms with Gasteiger partial charge < -0.3 is 26.1 Å². The van der Waals surface area contributed by atoms with E-state index < -0.39 is 35.5 Å². The molecule has 0 radical (unpaired) electrons. The van der Waals surface area contributed by atoms with E-state index in [0.29, 0.717) is 38.8 Å². The maximum absolute atomic E-state index is 14.3. The fourth-order valence-electron chi connectivity index (χ4n) is 7.05. The molecule has 1 aliphatic rings. The van der Waals surface area contributed by atoms with Crippen LogP contribution in [-0.2, 0) is 19.1 Å². The molecule has 5 rings (SSSR count). The Bertz CT molecular complexity index is 1660. The molecule has 0 bridgehead atoms. The van der Waals surface area contributed by atoms with Gasteiger partial charge in [-0.3, -0.25) is 14.5 Å². The van der Waals surface area contributed by atoms with Gasteiger partial charge in [-0.05, 0) is 88.7 Å². The summed E-state index contributed by atoms with van der Waals surface area (Å²) in [6.45, 7) is 9.26. The van der Waals surface area contributed by atoms with Crippen molar-refractivity contribution in [2.24, 2.45) is 11.7 Å². The Labute approximate surface area is 296 Å². The molecule has 4 aromatic rings. The zero-order chi connectivity index (χ0) is 35.7. The minimum Gasteiger partial charge on any atom is -0.458 e. The van der Waals surface area contributed by atoms with E-state index in [1.807, 2.05) is 49.5 Å². The number of fused-ring (bicyclic) bond motifs is 1. The maximum Gasteiger partial charge on any atom is 0.329 e. The monoisotopic (exact) mass is 679 g/mol. The number of para-hydroxylation sites is 1. The van der Waals surface area contributed by atoms with Gasteiger partial charge in [0.05, 0.1) is 12.0 Å². The molecule has 9 nitrogen and oxygen atoms in total. The predicted octanol–water partition coefficient (Wildman–Crippen LogP) is 6.21. The van der Waals surface area contributed by atoms with Crippen LogP contribution in [0.1, 0.15) is 88.4 Å². The van der Waals surface area contributed by atoms with Gasteiger partial charge in [-0.25, -0.2) is 4.79 Å². The lowest BCUT2D eigenvalue weighted by molar-refractivity contribution is -0.159. The van der Waals surface area contributed by atoms with Crippen LogP contribution in [0.15, 0.2) is 91.1 Å². The number of nitrogens with one attached hydrogen (secondary N) is 3. The zero-order valence-corrected chi connectivity index (χ0v) is 29.9. The van der Waals surface area contributed by atoms with Crippen molar-refractivity contribution in [2.45, 2.75) is 89.4 Å². The first-order chi connectivity index (χ1) is 24.1. The zero-order valence-electron chi connectivity index (χ0n) is 29.9. The molecule has 50 heavy (non-hydrogen) atoms. The van der Waals surface area contributed by atoms with E-state index in [-0.39, 0.29) is 17.9 Å². The van der Waals surface area contributed by atoms with Crippen LogP contribution in [-0.4, -0.2) is 65.0 Å². The number of piperidine rings is 1. The largest absolute Gasteiger partial charge is 0.458 e. The van der Waals surface area contributed by atoms with E-state index in [4.69, 9.17) is 10.5 Å². The van der Waals surface area contributed by atoms with Gasteiger partial charge in [-0.2, -0.15) is 0 Å². The van der Waals surface area contributed by atoms with Crippen molar-refractivity contribution in [3.8, 4) is 0 Å². The number of H-pyrrole nitrogens is 1. The number of rotatable bonds is 14. The number of aromatic nitrogens is 1. The highest BCUT2D eigenvalue weighted by atomic mass is 16.6. The van der Waals surface area contributed by atoms with Gasteiger partial charge in [-0.1, -0.05) is 85.8 Å². The van der Waals surface area contributed by atoms with Crippen LogP contribution in [0.25, 0.3) is 10.9 Å². The van der Waals surface area contributed by atoms with E-state index in [0.717, 1.165) is 29.4 Å². The summed E-state index contributed by atoms with van der Waals surface area (Å²) >= 11 is 0. The average molecular weight is 680 g/mol. The molecule has 4 atom stereocenters. The summed E-state index contributed by atoms with van der Waals surface area (Å²) in [7, 11) is 0. The Hall–Kier alpha value is -4.47. The standard InChI is InChI=1S/C41H53N5O4/c1-28(33-26-43-34-22-12-11-21-32(33)34)36(39(48)44-35(23-13-14-24-42)40(49)50-41(2,3)4)45-38(47)31-20-15-25-46(27-31)37(29-16-7-5-8-17-29)30-18-9-6-10-19-30/h5-12,16-19,21-22,26,28,31,35-37,43H,13-15,20,23-25,27,42H2,1-4H3,(H,44,48)(H,45,47)/t28-,31?,35-,36-/m0/s1. The molecule has 1 saturated heterocycles. The van der Waals surface area contributed by atoms with Crippen LogP contribution in [0.4, 0.5) is 0 Å². The number of esters is 1. The molecular weight excluding hydrogens is 626 g/mol. The van der Waals surface area contributed by atoms with Crippen molar-refractivity contribution in [1.82, 2.24) is 20.5 Å². The minimum atomic E-state index is -0.935. The third-order valence-electron chi connectivity index (χ3n) is 9.57. The van der Waals surface area contributed by atoms with Gasteiger partial charge in [0.15, 0.2) is 0 Å². The van der Waals surface area contributed by atoms with Crippen LogP contribution >= 0.6 is 0 Å². The van der Waals surface area contributed by atoms with Crippen molar-refractivity contribution < 1.29 is 19.1 Å². The summed E-state index contributed by atoms with van der Waals surface area (Å²) < 4.78 is 5.70. The Morgan fingerprint density at radius 2 is 1.56 bits per heavy atom. The van der Waals surface area contributed by atoms with Crippen LogP contribution in [0.3, 0.4) is 0 Å². The number of amides is 2. The molecule has 0 spiro atoms. The van der Waals surface area contributed by atoms with Crippen molar-refractivity contribution in [3.63, 3.8) is 0 Å². The summed E-state index contributed by atoms with van der Waals surface area (Å²) in [5, 5.41) is 7.13. The van der Waals surface area contributed by atoms with Gasteiger partial charge in [-0.15, -0.1) is 0 Å². The Balaban J connectivity index is 1.41. The van der Waals surface area contributed by atoms with E-state index in [9.17, 15) is 14.4 Å². The topological polar surface area (TPSA) is 130 Å². The molecule has 5 N–H and O–H groups in total. The fraction of sp³-hybridized carbons (Fsp3) is 0.439. The van der Waals surface area contributed by atoms with E-state index >= 15 is 0 Å². The number of carbonyl (C=O) groups is 3. The second-order valence-electron chi connectivity index (χ2n) is 14.5. The molecule has 1 aromatic heterocycles. The van der Waals surface area contributed by atoms with Crippen molar-refractivity contribution in [2.75, 3.05) is 19.6 Å². The molecule has 1 unspecified atom stereocenters. The fourth-order valence-corrected chi connectivity index (χ4v) is 7.05. The first-order valence-electron chi connectivity index (χ1n) is 18.0. The lowest BCUT2D eigenvalue weighted by Crippen LogP contribution is -2.56. The van der Waals surface area contributed by atoms with Crippen molar-refractivity contribution in [3.05, 3.63) is 108 Å². The molecule has 2 heterocycles. The highest BCUT2D eigenvalue weighted by molar-refractivity contribution is 5.93. The second-order valence-corrected chi connectivity index (χ2v) is 14.5. The molecule has 3 aromatic carbocycles. The number of ether oxygens (including phenoxy) is 1. The average Bonchev–Trinajstić information content (AvgIpc) is 3.54. The molecule has 1 aliphatic heterocycles. The van der Waals surface area contributed by atoms with Crippen LogP contribution in [0.2, 0.25) is 0 Å². The smallest absolute Gasteiger partial charge is 0.329 e. The van der Waals surface area contributed by atoms with Gasteiger partial charge in [0.2, 0.25) is 11.8 Å². The van der Waals surface area contributed by atoms with Crippen LogP contribution in [0.5, 0.6) is 0 Å². The van der Waals surface area contributed by atoms with Gasteiger partial charge >= 0.3 is 5.97 Å². The number of hydrogen-bond donors (Lipinski definition) is 4. The Morgan fingerprint density at radius 1 is 0.920 bits per heavy atom. The molecule has 2 amide bonds. The maximum atomic E-state index is 14.3. The molecular formula is C41H53N5O4. The van der Waals surface area contributed by atoms with E-state index in [1.165, 1.54) is 11.1 Å². The van der Waals surface area contributed by atoms with Crippen molar-refractivity contribution in [1.29, 1.82) is 0 Å². The number of benzene rings is 3. The number of nitrogens with two attached hydrogens (primary N) is 1. The number of nitrogens with zero attached hydrogens (tertiary/aromatic N) is 1. The number of carbonyl (C=O) groups excluding carboxylic acids is 3. The lowest BCUT2D eigenvalue weighted by Gasteiger charge is -2.39. The molecule has 9 heteroatoms. The number of unbranched alkanes of at least 4 members (excludes halogenated alkanes) is 1. The summed E-state index contributed by atoms with van der Waals surface area (Å²) in [5.74, 6) is -1.81. The van der Waals surface area contributed by atoms with Crippen LogP contribution < -0.4 is 16.4 Å².